The number of anilines is 1. The Hall–Kier alpha value is -3.43. The summed E-state index contributed by atoms with van der Waals surface area (Å²) < 4.78 is 61.6. The highest BCUT2D eigenvalue weighted by molar-refractivity contribution is 5.88. The first-order chi connectivity index (χ1) is 15.4. The van der Waals surface area contributed by atoms with Gasteiger partial charge in [-0.05, 0) is 57.5 Å². The van der Waals surface area contributed by atoms with Crippen molar-refractivity contribution in [2.45, 2.75) is 46.1 Å². The molecule has 6 nitrogen and oxygen atoms in total. The number of benzene rings is 2. The van der Waals surface area contributed by atoms with Crippen LogP contribution in [0.15, 0.2) is 41.2 Å². The zero-order chi connectivity index (χ0) is 24.5. The summed E-state index contributed by atoms with van der Waals surface area (Å²) in [5.41, 5.74) is -2.94. The van der Waals surface area contributed by atoms with E-state index in [2.05, 4.69) is 4.98 Å². The van der Waals surface area contributed by atoms with Crippen LogP contribution in [-0.2, 0) is 4.74 Å². The van der Waals surface area contributed by atoms with Crippen molar-refractivity contribution in [2.24, 2.45) is 0 Å². The molecule has 1 aromatic heterocycles. The SMILES string of the molecule is CCCN(C(=O)OC(C)(C)C)c1nc2cccc(F)c2c(=O)n1-c1cc(F)cc(C(F)F)c1. The molecule has 0 radical (unpaired) electrons. The Balaban J connectivity index is 2.39. The maximum Gasteiger partial charge on any atom is 0.417 e. The lowest BCUT2D eigenvalue weighted by molar-refractivity contribution is 0.0577. The molecule has 0 unspecified atom stereocenters. The molecule has 0 aliphatic rings. The number of alkyl halides is 2. The summed E-state index contributed by atoms with van der Waals surface area (Å²) in [5, 5.41) is -0.426. The quantitative estimate of drug-likeness (QED) is 0.450. The standard InChI is InChI=1S/C23H23F4N3O3/c1-5-9-29(22(32)33-23(2,3)4)21-28-17-8-6-7-16(25)18(17)20(31)30(21)15-11-13(19(26)27)10-14(24)12-15/h6-8,10-12,19H,5,9H2,1-4H3. The molecule has 0 aliphatic carbocycles. The number of amides is 1. The first kappa shape index (κ1) is 24.2. The summed E-state index contributed by atoms with van der Waals surface area (Å²) in [6, 6.07) is 6.13. The zero-order valence-corrected chi connectivity index (χ0v) is 18.5. The van der Waals surface area contributed by atoms with E-state index in [1.165, 1.54) is 12.1 Å². The highest BCUT2D eigenvalue weighted by Gasteiger charge is 2.28. The molecule has 0 atom stereocenters. The number of hydrogen-bond acceptors (Lipinski definition) is 4. The Morgan fingerprint density at radius 1 is 1.18 bits per heavy atom. The van der Waals surface area contributed by atoms with Crippen LogP contribution < -0.4 is 10.5 Å². The van der Waals surface area contributed by atoms with E-state index in [0.29, 0.717) is 12.5 Å². The van der Waals surface area contributed by atoms with Gasteiger partial charge in [-0.15, -0.1) is 0 Å². The highest BCUT2D eigenvalue weighted by Crippen LogP contribution is 2.27. The molecule has 3 rings (SSSR count). The molecule has 176 valence electrons. The molecule has 0 bridgehead atoms. The van der Waals surface area contributed by atoms with Gasteiger partial charge in [0.1, 0.15) is 22.6 Å². The van der Waals surface area contributed by atoms with Crippen molar-refractivity contribution in [2.75, 3.05) is 11.4 Å². The summed E-state index contributed by atoms with van der Waals surface area (Å²) in [7, 11) is 0. The Bertz CT molecular complexity index is 1250. The molecule has 0 N–H and O–H groups in total. The minimum absolute atomic E-state index is 0.0409. The minimum atomic E-state index is -3.03. The Morgan fingerprint density at radius 3 is 2.48 bits per heavy atom. The molecule has 33 heavy (non-hydrogen) atoms. The normalized spacial score (nSPS) is 11.8. The van der Waals surface area contributed by atoms with E-state index in [9.17, 15) is 27.2 Å². The molecule has 0 saturated heterocycles. The second-order valence-corrected chi connectivity index (χ2v) is 8.36. The highest BCUT2D eigenvalue weighted by atomic mass is 19.3. The van der Waals surface area contributed by atoms with Gasteiger partial charge in [-0.2, -0.15) is 0 Å². The van der Waals surface area contributed by atoms with Gasteiger partial charge in [0.15, 0.2) is 0 Å². The van der Waals surface area contributed by atoms with Gasteiger partial charge in [0.05, 0.1) is 11.2 Å². The van der Waals surface area contributed by atoms with Crippen LogP contribution >= 0.6 is 0 Å². The molecule has 0 fully saturated rings. The fraction of sp³-hybridized carbons (Fsp3) is 0.348. The van der Waals surface area contributed by atoms with E-state index >= 15 is 0 Å². The summed E-state index contributed by atoms with van der Waals surface area (Å²) in [4.78, 5) is 31.7. The number of carbonyl (C=O) groups is 1. The van der Waals surface area contributed by atoms with Crippen LogP contribution in [0, 0.1) is 11.6 Å². The Kier molecular flexibility index (Phi) is 6.76. The van der Waals surface area contributed by atoms with Gasteiger partial charge in [0.2, 0.25) is 5.95 Å². The first-order valence-corrected chi connectivity index (χ1v) is 10.2. The summed E-state index contributed by atoms with van der Waals surface area (Å²) >= 11 is 0. The third-order valence-electron chi connectivity index (χ3n) is 4.55. The second kappa shape index (κ2) is 9.21. The van der Waals surface area contributed by atoms with Crippen LogP contribution in [0.25, 0.3) is 16.6 Å². The minimum Gasteiger partial charge on any atom is -0.443 e. The van der Waals surface area contributed by atoms with Gasteiger partial charge in [0, 0.05) is 12.1 Å². The number of hydrogen-bond donors (Lipinski definition) is 0. The first-order valence-electron chi connectivity index (χ1n) is 10.2. The van der Waals surface area contributed by atoms with Crippen LogP contribution in [0.5, 0.6) is 0 Å². The van der Waals surface area contributed by atoms with Crippen molar-refractivity contribution < 1.29 is 27.1 Å². The molecule has 10 heteroatoms. The number of ether oxygens (including phenoxy) is 1. The monoisotopic (exact) mass is 465 g/mol. The number of nitrogens with zero attached hydrogens (tertiary/aromatic N) is 3. The van der Waals surface area contributed by atoms with Gasteiger partial charge < -0.3 is 4.74 Å². The van der Waals surface area contributed by atoms with E-state index in [1.807, 2.05) is 0 Å². The molecule has 1 amide bonds. The maximum atomic E-state index is 14.5. The van der Waals surface area contributed by atoms with E-state index in [0.717, 1.165) is 27.7 Å². The number of aromatic nitrogens is 2. The van der Waals surface area contributed by atoms with Gasteiger partial charge >= 0.3 is 6.09 Å². The fourth-order valence-electron chi connectivity index (χ4n) is 3.26. The Morgan fingerprint density at radius 2 is 1.88 bits per heavy atom. The topological polar surface area (TPSA) is 64.4 Å². The maximum absolute atomic E-state index is 14.5. The average Bonchev–Trinajstić information content (AvgIpc) is 2.69. The molecule has 0 saturated carbocycles. The lowest BCUT2D eigenvalue weighted by Crippen LogP contribution is -2.41. The van der Waals surface area contributed by atoms with Gasteiger partial charge in [-0.3, -0.25) is 4.79 Å². The van der Waals surface area contributed by atoms with E-state index in [1.54, 1.807) is 27.7 Å². The molecule has 3 aromatic rings. The van der Waals surface area contributed by atoms with Crippen LogP contribution in [0.4, 0.5) is 28.3 Å². The van der Waals surface area contributed by atoms with Crippen LogP contribution in [-0.4, -0.2) is 27.8 Å². The van der Waals surface area contributed by atoms with Crippen molar-refractivity contribution in [1.29, 1.82) is 0 Å². The largest absolute Gasteiger partial charge is 0.443 e. The van der Waals surface area contributed by atoms with Crippen LogP contribution in [0.1, 0.15) is 46.1 Å². The van der Waals surface area contributed by atoms with Crippen molar-refractivity contribution in [3.05, 3.63) is 63.9 Å². The number of halogens is 4. The predicted octanol–water partition coefficient (Wildman–Crippen LogP) is 5.75. The lowest BCUT2D eigenvalue weighted by atomic mass is 10.2. The zero-order valence-electron chi connectivity index (χ0n) is 18.5. The van der Waals surface area contributed by atoms with Crippen LogP contribution in [0.3, 0.4) is 0 Å². The fourth-order valence-corrected chi connectivity index (χ4v) is 3.26. The second-order valence-electron chi connectivity index (χ2n) is 8.36. The number of fused-ring (bicyclic) bond motifs is 1. The van der Waals surface area contributed by atoms with Gasteiger partial charge in [-0.25, -0.2) is 36.8 Å². The summed E-state index contributed by atoms with van der Waals surface area (Å²) in [6.07, 6.45) is -3.46. The lowest BCUT2D eigenvalue weighted by Gasteiger charge is -2.28. The van der Waals surface area contributed by atoms with Crippen LogP contribution in [0.2, 0.25) is 0 Å². The van der Waals surface area contributed by atoms with Crippen molar-refractivity contribution in [1.82, 2.24) is 9.55 Å². The third-order valence-corrected chi connectivity index (χ3v) is 4.55. The van der Waals surface area contributed by atoms with Crippen molar-refractivity contribution in [3.8, 4) is 5.69 Å². The van der Waals surface area contributed by atoms with E-state index < -0.39 is 46.3 Å². The van der Waals surface area contributed by atoms with Crippen molar-refractivity contribution in [3.63, 3.8) is 0 Å². The van der Waals surface area contributed by atoms with Gasteiger partial charge in [0.25, 0.3) is 12.0 Å². The van der Waals surface area contributed by atoms with E-state index in [4.69, 9.17) is 4.74 Å². The molecule has 0 spiro atoms. The predicted molar refractivity (Wildman–Crippen MR) is 116 cm³/mol. The molecular weight excluding hydrogens is 442 g/mol. The van der Waals surface area contributed by atoms with Gasteiger partial charge in [-0.1, -0.05) is 13.0 Å². The smallest absolute Gasteiger partial charge is 0.417 e. The summed E-state index contributed by atoms with van der Waals surface area (Å²) in [6.45, 7) is 6.74. The molecule has 2 aromatic carbocycles. The summed E-state index contributed by atoms with van der Waals surface area (Å²) in [5.74, 6) is -2.23. The molecule has 1 heterocycles. The third kappa shape index (κ3) is 5.15. The van der Waals surface area contributed by atoms with Crippen molar-refractivity contribution >= 4 is 22.9 Å². The molecular formula is C23H23F4N3O3. The number of rotatable bonds is 5. The molecule has 0 aliphatic heterocycles. The van der Waals surface area contributed by atoms with E-state index in [-0.39, 0.29) is 23.7 Å². The average molecular weight is 465 g/mol. The Labute approximate surface area is 187 Å². The number of carbonyl (C=O) groups excluding carboxylic acids is 1.